The third-order valence-electron chi connectivity index (χ3n) is 11.0. The van der Waals surface area contributed by atoms with Crippen molar-refractivity contribution in [2.75, 3.05) is 44.7 Å². The van der Waals surface area contributed by atoms with Crippen molar-refractivity contribution in [3.05, 3.63) is 82.8 Å². The second-order valence-electron chi connectivity index (χ2n) is 14.5. The highest BCUT2D eigenvalue weighted by Gasteiger charge is 2.49. The molecule has 3 fully saturated rings. The Morgan fingerprint density at radius 3 is 2.75 bits per heavy atom. The van der Waals surface area contributed by atoms with Crippen LogP contribution in [0, 0.1) is 19.7 Å². The van der Waals surface area contributed by atoms with Gasteiger partial charge in [-0.15, -0.1) is 0 Å². The smallest absolute Gasteiger partial charge is 0.319 e. The lowest BCUT2D eigenvalue weighted by atomic mass is 9.95. The molecule has 0 aliphatic carbocycles. The van der Waals surface area contributed by atoms with Gasteiger partial charge in [0.1, 0.15) is 35.6 Å². The maximum atomic E-state index is 16.9. The quantitative estimate of drug-likeness (QED) is 0.154. The van der Waals surface area contributed by atoms with Gasteiger partial charge < -0.3 is 14.5 Å². The maximum Gasteiger partial charge on any atom is 0.319 e. The maximum absolute atomic E-state index is 16.9. The molecule has 5 aromatic rings. The first-order valence-corrected chi connectivity index (χ1v) is 18.5. The molecule has 0 N–H and O–H groups in total. The second kappa shape index (κ2) is 14.2. The topological polar surface area (TPSA) is 100 Å². The minimum atomic E-state index is -0.919. The molecule has 0 spiro atoms. The van der Waals surface area contributed by atoms with E-state index >= 15 is 4.39 Å². The molecule has 3 atom stereocenters. The molecule has 1 amide bonds. The highest BCUT2D eigenvalue weighted by atomic mass is 35.5. The molecule has 2 aromatic carbocycles. The van der Waals surface area contributed by atoms with Gasteiger partial charge in [0.15, 0.2) is 5.82 Å². The standard InChI is InChI=1S/C40H41ClF2N8O2/c1-24-18-28(46-25(2)45-24)13-14-33(52)50-16-6-10-29(22-50)49(3)38-31-20-44-36(30-11-4-8-26-9-5-12-32(41)34(26)30)35(43)37(31)47-39(48-38)53-23-40-15-7-17-51(40)21-27(42)19-40/h4-5,8-9,11-14,18,20,27,29H,6-7,10,15-17,19,21-23H2,1-3H3/b14-13+/t27-,29-,40+/m1/s1. The fourth-order valence-electron chi connectivity index (χ4n) is 8.42. The van der Waals surface area contributed by atoms with E-state index in [0.29, 0.717) is 64.7 Å². The molecule has 13 heteroatoms. The number of anilines is 1. The first-order chi connectivity index (χ1) is 25.6. The molecule has 10 nitrogen and oxygen atoms in total. The molecule has 8 rings (SSSR count). The molecule has 0 unspecified atom stereocenters. The minimum Gasteiger partial charge on any atom is -0.461 e. The molecule has 274 valence electrons. The summed E-state index contributed by atoms with van der Waals surface area (Å²) in [7, 11) is 1.89. The third-order valence-corrected chi connectivity index (χ3v) is 11.3. The molecule has 0 radical (unpaired) electrons. The highest BCUT2D eigenvalue weighted by Crippen LogP contribution is 2.41. The number of carbonyl (C=O) groups is 1. The van der Waals surface area contributed by atoms with Crippen molar-refractivity contribution in [1.29, 1.82) is 0 Å². The number of likely N-dealkylation sites (tertiary alicyclic amines) is 1. The number of amides is 1. The lowest BCUT2D eigenvalue weighted by Crippen LogP contribution is -2.48. The number of hydrogen-bond acceptors (Lipinski definition) is 9. The van der Waals surface area contributed by atoms with Crippen LogP contribution in [0.4, 0.5) is 14.6 Å². The first kappa shape index (κ1) is 35.2. The summed E-state index contributed by atoms with van der Waals surface area (Å²) in [6.07, 6.45) is 7.66. The molecule has 3 aliphatic rings. The van der Waals surface area contributed by atoms with Gasteiger partial charge in [0, 0.05) is 73.1 Å². The zero-order valence-corrected chi connectivity index (χ0v) is 30.8. The summed E-state index contributed by atoms with van der Waals surface area (Å²) in [5, 5.41) is 2.46. The van der Waals surface area contributed by atoms with Crippen molar-refractivity contribution in [1.82, 2.24) is 34.7 Å². The largest absolute Gasteiger partial charge is 0.461 e. The molecule has 3 saturated heterocycles. The van der Waals surface area contributed by atoms with Crippen LogP contribution in [0.25, 0.3) is 39.0 Å². The molecular weight excluding hydrogens is 698 g/mol. The summed E-state index contributed by atoms with van der Waals surface area (Å²) in [5.74, 6) is 0.341. The molecule has 53 heavy (non-hydrogen) atoms. The van der Waals surface area contributed by atoms with E-state index in [2.05, 4.69) is 24.8 Å². The number of hydrogen-bond donors (Lipinski definition) is 0. The number of alkyl halides is 1. The normalized spacial score (nSPS) is 21.9. The summed E-state index contributed by atoms with van der Waals surface area (Å²) in [6.45, 7) is 6.16. The summed E-state index contributed by atoms with van der Waals surface area (Å²) >= 11 is 6.64. The Morgan fingerprint density at radius 2 is 1.92 bits per heavy atom. The molecule has 6 heterocycles. The third kappa shape index (κ3) is 6.78. The average molecular weight is 739 g/mol. The fourth-order valence-corrected chi connectivity index (χ4v) is 8.70. The number of rotatable bonds is 8. The van der Waals surface area contributed by atoms with Crippen LogP contribution in [0.15, 0.2) is 54.7 Å². The Morgan fingerprint density at radius 1 is 1.09 bits per heavy atom. The Labute approximate surface area is 311 Å². The number of carbonyl (C=O) groups excluding carboxylic acids is 1. The van der Waals surface area contributed by atoms with Gasteiger partial charge in [0.05, 0.1) is 16.6 Å². The Balaban J connectivity index is 1.14. The van der Waals surface area contributed by atoms with Crippen molar-refractivity contribution < 1.29 is 18.3 Å². The second-order valence-corrected chi connectivity index (χ2v) is 14.9. The highest BCUT2D eigenvalue weighted by molar-refractivity contribution is 6.36. The zero-order valence-electron chi connectivity index (χ0n) is 30.0. The lowest BCUT2D eigenvalue weighted by molar-refractivity contribution is -0.127. The first-order valence-electron chi connectivity index (χ1n) is 18.2. The van der Waals surface area contributed by atoms with Gasteiger partial charge in [-0.2, -0.15) is 9.97 Å². The van der Waals surface area contributed by atoms with E-state index in [-0.39, 0.29) is 35.8 Å². The van der Waals surface area contributed by atoms with E-state index in [9.17, 15) is 9.18 Å². The average Bonchev–Trinajstić information content (AvgIpc) is 3.68. The number of halogens is 3. The van der Waals surface area contributed by atoms with Gasteiger partial charge in [-0.05, 0) is 69.7 Å². The fraction of sp³-hybridized carbons (Fsp3) is 0.400. The number of aromatic nitrogens is 5. The van der Waals surface area contributed by atoms with E-state index in [1.54, 1.807) is 30.5 Å². The van der Waals surface area contributed by atoms with Crippen molar-refractivity contribution in [2.24, 2.45) is 0 Å². The minimum absolute atomic E-state index is 0.0111. The number of pyridine rings is 1. The summed E-state index contributed by atoms with van der Waals surface area (Å²) in [5.41, 5.74) is 1.79. The molecule has 0 bridgehead atoms. The number of aryl methyl sites for hydroxylation is 2. The monoisotopic (exact) mass is 738 g/mol. The number of nitrogens with zero attached hydrogens (tertiary/aromatic N) is 8. The van der Waals surface area contributed by atoms with Gasteiger partial charge in [0.2, 0.25) is 5.91 Å². The Kier molecular flexibility index (Phi) is 9.44. The van der Waals surface area contributed by atoms with Crippen LogP contribution in [0.2, 0.25) is 5.02 Å². The SMILES string of the molecule is Cc1cc(/C=C/C(=O)N2CCC[C@@H](N(C)c3nc(OC[C@@]45CCCN4C[C@H](F)C5)nc4c(F)c(-c5cccc6cccc(Cl)c56)ncc34)C2)nc(C)n1. The van der Waals surface area contributed by atoms with Gasteiger partial charge in [0.25, 0.3) is 0 Å². The van der Waals surface area contributed by atoms with Crippen LogP contribution < -0.4 is 9.64 Å². The summed E-state index contributed by atoms with van der Waals surface area (Å²) in [6, 6.07) is 12.8. The van der Waals surface area contributed by atoms with E-state index in [1.807, 2.05) is 61.0 Å². The van der Waals surface area contributed by atoms with Crippen molar-refractivity contribution >= 4 is 51.1 Å². The summed E-state index contributed by atoms with van der Waals surface area (Å²) < 4.78 is 37.9. The van der Waals surface area contributed by atoms with Gasteiger partial charge in [-0.1, -0.05) is 41.9 Å². The number of likely N-dealkylation sites (N-methyl/N-ethyl adjacent to an activating group) is 1. The van der Waals surface area contributed by atoms with Crippen molar-refractivity contribution in [3.8, 4) is 17.3 Å². The van der Waals surface area contributed by atoms with Crippen molar-refractivity contribution in [2.45, 2.75) is 63.7 Å². The lowest BCUT2D eigenvalue weighted by Gasteiger charge is -2.38. The van der Waals surface area contributed by atoms with E-state index in [4.69, 9.17) is 21.3 Å². The molecular formula is C40H41ClF2N8O2. The number of fused-ring (bicyclic) bond motifs is 3. The zero-order chi connectivity index (χ0) is 36.9. The molecule has 3 aliphatic heterocycles. The number of benzene rings is 2. The number of ether oxygens (including phenoxy) is 1. The van der Waals surface area contributed by atoms with Crippen LogP contribution in [-0.4, -0.2) is 98.2 Å². The Bertz CT molecular complexity index is 2230. The van der Waals surface area contributed by atoms with E-state index in [1.165, 1.54) is 0 Å². The van der Waals surface area contributed by atoms with Crippen molar-refractivity contribution in [3.63, 3.8) is 0 Å². The van der Waals surface area contributed by atoms with Gasteiger partial charge in [-0.25, -0.2) is 18.7 Å². The van der Waals surface area contributed by atoms with Crippen LogP contribution in [0.1, 0.15) is 49.3 Å². The predicted molar refractivity (Wildman–Crippen MR) is 202 cm³/mol. The van der Waals surface area contributed by atoms with Crippen LogP contribution in [-0.2, 0) is 4.79 Å². The van der Waals surface area contributed by atoms with Gasteiger partial charge >= 0.3 is 6.01 Å². The molecule has 0 saturated carbocycles. The van der Waals surface area contributed by atoms with Crippen LogP contribution >= 0.6 is 11.6 Å². The Hall–Kier alpha value is -4.81. The number of piperidine rings is 1. The summed E-state index contributed by atoms with van der Waals surface area (Å²) in [4.78, 5) is 42.2. The predicted octanol–water partition coefficient (Wildman–Crippen LogP) is 7.14. The van der Waals surface area contributed by atoms with Crippen LogP contribution in [0.5, 0.6) is 6.01 Å². The van der Waals surface area contributed by atoms with Crippen LogP contribution in [0.3, 0.4) is 0 Å². The van der Waals surface area contributed by atoms with Gasteiger partial charge in [-0.3, -0.25) is 14.7 Å². The van der Waals surface area contributed by atoms with E-state index in [0.717, 1.165) is 43.3 Å². The molecule has 3 aromatic heterocycles. The van der Waals surface area contributed by atoms with E-state index < -0.39 is 17.5 Å².